The van der Waals surface area contributed by atoms with E-state index < -0.39 is 4.92 Å². The Hall–Kier alpha value is -2.96. The molecule has 1 amide bonds. The van der Waals surface area contributed by atoms with Crippen LogP contribution in [0.2, 0.25) is 0 Å². The highest BCUT2D eigenvalue weighted by atomic mass is 16.6. The molecule has 1 fully saturated rings. The first-order valence-electron chi connectivity index (χ1n) is 7.23. The van der Waals surface area contributed by atoms with E-state index in [0.717, 1.165) is 24.5 Å². The Morgan fingerprint density at radius 1 is 1.39 bits per heavy atom. The Balaban J connectivity index is 1.85. The molecule has 7 heteroatoms. The number of hydrogen-bond donors (Lipinski definition) is 1. The molecule has 118 valence electrons. The number of nitrogens with zero attached hydrogens (tertiary/aromatic N) is 3. The Morgan fingerprint density at radius 3 is 2.74 bits per heavy atom. The molecule has 1 heterocycles. The van der Waals surface area contributed by atoms with E-state index in [4.69, 9.17) is 0 Å². The van der Waals surface area contributed by atoms with Crippen LogP contribution in [-0.4, -0.2) is 31.9 Å². The summed E-state index contributed by atoms with van der Waals surface area (Å²) >= 11 is 0. The number of nitro benzene ring substituents is 1. The number of phenolic OH excluding ortho intramolecular Hbond substituents is 1. The summed E-state index contributed by atoms with van der Waals surface area (Å²) in [7, 11) is 0. The molecule has 2 aromatic rings. The lowest BCUT2D eigenvalue weighted by Crippen LogP contribution is -2.32. The minimum atomic E-state index is -0.609. The highest BCUT2D eigenvalue weighted by Crippen LogP contribution is 2.32. The van der Waals surface area contributed by atoms with Gasteiger partial charge in [0.1, 0.15) is 5.75 Å². The second-order valence-corrected chi connectivity index (χ2v) is 5.48. The zero-order chi connectivity index (χ0) is 16.4. The molecular formula is C16H15N3O4. The molecule has 3 rings (SSSR count). The van der Waals surface area contributed by atoms with Gasteiger partial charge in [0.25, 0.3) is 11.6 Å². The van der Waals surface area contributed by atoms with Gasteiger partial charge in [0.15, 0.2) is 0 Å². The predicted molar refractivity (Wildman–Crippen MR) is 81.9 cm³/mol. The molecule has 0 aliphatic heterocycles. The predicted octanol–water partition coefficient (Wildman–Crippen LogP) is 2.50. The van der Waals surface area contributed by atoms with Crippen molar-refractivity contribution in [2.24, 2.45) is 0 Å². The minimum Gasteiger partial charge on any atom is -0.507 e. The average Bonchev–Trinajstić information content (AvgIpc) is 3.37. The molecule has 0 radical (unpaired) electrons. The van der Waals surface area contributed by atoms with E-state index in [9.17, 15) is 20.0 Å². The third-order valence-corrected chi connectivity index (χ3v) is 3.75. The minimum absolute atomic E-state index is 0.0754. The third-order valence-electron chi connectivity index (χ3n) is 3.75. The van der Waals surface area contributed by atoms with Gasteiger partial charge in [-0.15, -0.1) is 0 Å². The van der Waals surface area contributed by atoms with Gasteiger partial charge in [-0.25, -0.2) is 0 Å². The number of aromatic nitrogens is 1. The number of carbonyl (C=O) groups excluding carboxylic acids is 1. The smallest absolute Gasteiger partial charge is 0.273 e. The lowest BCUT2D eigenvalue weighted by Gasteiger charge is -2.22. The Kier molecular flexibility index (Phi) is 3.92. The van der Waals surface area contributed by atoms with Crippen molar-refractivity contribution in [3.05, 3.63) is 64.0 Å². The number of aromatic hydroxyl groups is 1. The number of carbonyl (C=O) groups is 1. The highest BCUT2D eigenvalue weighted by Gasteiger charge is 2.34. The second kappa shape index (κ2) is 6.04. The van der Waals surface area contributed by atoms with Crippen LogP contribution in [-0.2, 0) is 6.54 Å². The van der Waals surface area contributed by atoms with Crippen LogP contribution in [0.4, 0.5) is 5.69 Å². The van der Waals surface area contributed by atoms with E-state index in [2.05, 4.69) is 4.98 Å². The Bertz CT molecular complexity index is 744. The molecule has 0 saturated heterocycles. The third kappa shape index (κ3) is 3.28. The molecule has 1 aromatic carbocycles. The van der Waals surface area contributed by atoms with Gasteiger partial charge in [0, 0.05) is 31.0 Å². The number of phenols is 1. The molecule has 1 N–H and O–H groups in total. The van der Waals surface area contributed by atoms with Crippen LogP contribution in [0.5, 0.6) is 5.75 Å². The first-order valence-corrected chi connectivity index (χ1v) is 7.23. The highest BCUT2D eigenvalue weighted by molar-refractivity contribution is 5.97. The zero-order valence-electron chi connectivity index (χ0n) is 12.3. The number of non-ortho nitro benzene ring substituents is 1. The van der Waals surface area contributed by atoms with E-state index in [0.29, 0.717) is 6.54 Å². The summed E-state index contributed by atoms with van der Waals surface area (Å²) in [6, 6.07) is 7.34. The van der Waals surface area contributed by atoms with Crippen LogP contribution in [0.15, 0.2) is 42.7 Å². The molecule has 0 unspecified atom stereocenters. The fourth-order valence-corrected chi connectivity index (χ4v) is 2.41. The van der Waals surface area contributed by atoms with Crippen molar-refractivity contribution in [2.45, 2.75) is 25.4 Å². The maximum Gasteiger partial charge on any atom is 0.273 e. The maximum absolute atomic E-state index is 12.7. The van der Waals surface area contributed by atoms with E-state index in [-0.39, 0.29) is 28.9 Å². The van der Waals surface area contributed by atoms with Gasteiger partial charge in [-0.05, 0) is 30.5 Å². The molecule has 1 aliphatic rings. The number of nitro groups is 1. The van der Waals surface area contributed by atoms with Gasteiger partial charge in [0.2, 0.25) is 0 Å². The zero-order valence-corrected chi connectivity index (χ0v) is 12.3. The van der Waals surface area contributed by atoms with Crippen molar-refractivity contribution >= 4 is 11.6 Å². The summed E-state index contributed by atoms with van der Waals surface area (Å²) in [5.74, 6) is -0.704. The fourth-order valence-electron chi connectivity index (χ4n) is 2.41. The summed E-state index contributed by atoms with van der Waals surface area (Å²) in [4.78, 5) is 28.5. The van der Waals surface area contributed by atoms with E-state index in [1.54, 1.807) is 23.4 Å². The van der Waals surface area contributed by atoms with Crippen LogP contribution >= 0.6 is 0 Å². The SMILES string of the molecule is O=C(c1ccc([N+](=O)[O-])cc1O)N(Cc1cccnc1)C1CC1. The molecule has 0 bridgehead atoms. The summed E-state index contributed by atoms with van der Waals surface area (Å²) in [5, 5.41) is 20.7. The Labute approximate surface area is 132 Å². The Morgan fingerprint density at radius 2 is 2.17 bits per heavy atom. The molecule has 7 nitrogen and oxygen atoms in total. The molecule has 1 aromatic heterocycles. The molecule has 1 saturated carbocycles. The van der Waals surface area contributed by atoms with Crippen molar-refractivity contribution in [2.75, 3.05) is 0 Å². The number of benzene rings is 1. The number of amides is 1. The molecule has 0 atom stereocenters. The van der Waals surface area contributed by atoms with Crippen LogP contribution in [0.25, 0.3) is 0 Å². The quantitative estimate of drug-likeness (QED) is 0.675. The molecule has 23 heavy (non-hydrogen) atoms. The first-order chi connectivity index (χ1) is 11.1. The second-order valence-electron chi connectivity index (χ2n) is 5.48. The van der Waals surface area contributed by atoms with Crippen molar-refractivity contribution in [3.8, 4) is 5.75 Å². The van der Waals surface area contributed by atoms with Gasteiger partial charge >= 0.3 is 0 Å². The summed E-state index contributed by atoms with van der Waals surface area (Å²) in [5.41, 5.74) is 0.727. The van der Waals surface area contributed by atoms with E-state index in [1.165, 1.54) is 12.1 Å². The summed E-state index contributed by atoms with van der Waals surface area (Å²) < 4.78 is 0. The standard InChI is InChI=1S/C16H15N3O4/c20-15-8-13(19(22)23)5-6-14(15)16(21)18(12-3-4-12)10-11-2-1-7-17-9-11/h1-2,5-9,12,20H,3-4,10H2. The number of pyridine rings is 1. The molecule has 1 aliphatic carbocycles. The summed E-state index contributed by atoms with van der Waals surface area (Å²) in [6.07, 6.45) is 5.19. The normalized spacial score (nSPS) is 13.6. The molecular weight excluding hydrogens is 298 g/mol. The lowest BCUT2D eigenvalue weighted by molar-refractivity contribution is -0.384. The van der Waals surface area contributed by atoms with Gasteiger partial charge in [-0.1, -0.05) is 6.07 Å². The van der Waals surface area contributed by atoms with Gasteiger partial charge in [-0.3, -0.25) is 19.9 Å². The largest absolute Gasteiger partial charge is 0.507 e. The van der Waals surface area contributed by atoms with E-state index in [1.807, 2.05) is 6.07 Å². The fraction of sp³-hybridized carbons (Fsp3) is 0.250. The van der Waals surface area contributed by atoms with Gasteiger partial charge in [0.05, 0.1) is 16.6 Å². The number of hydrogen-bond acceptors (Lipinski definition) is 5. The average molecular weight is 313 g/mol. The molecule has 0 spiro atoms. The van der Waals surface area contributed by atoms with Gasteiger partial charge in [-0.2, -0.15) is 0 Å². The van der Waals surface area contributed by atoms with Crippen LogP contribution < -0.4 is 0 Å². The van der Waals surface area contributed by atoms with Crippen molar-refractivity contribution in [1.82, 2.24) is 9.88 Å². The van der Waals surface area contributed by atoms with Crippen molar-refractivity contribution < 1.29 is 14.8 Å². The summed E-state index contributed by atoms with van der Waals surface area (Å²) in [6.45, 7) is 0.397. The topological polar surface area (TPSA) is 96.6 Å². The van der Waals surface area contributed by atoms with E-state index >= 15 is 0 Å². The van der Waals surface area contributed by atoms with Crippen LogP contribution in [0.3, 0.4) is 0 Å². The maximum atomic E-state index is 12.7. The number of rotatable bonds is 5. The first kappa shape index (κ1) is 15.0. The lowest BCUT2D eigenvalue weighted by atomic mass is 10.1. The van der Waals surface area contributed by atoms with Crippen molar-refractivity contribution in [3.63, 3.8) is 0 Å². The van der Waals surface area contributed by atoms with Crippen LogP contribution in [0, 0.1) is 10.1 Å². The van der Waals surface area contributed by atoms with Gasteiger partial charge < -0.3 is 10.0 Å². The van der Waals surface area contributed by atoms with Crippen molar-refractivity contribution in [1.29, 1.82) is 0 Å². The monoisotopic (exact) mass is 313 g/mol. The van der Waals surface area contributed by atoms with Crippen LogP contribution in [0.1, 0.15) is 28.8 Å².